The van der Waals surface area contributed by atoms with Gasteiger partial charge in [-0.05, 0) is 50.2 Å². The quantitative estimate of drug-likeness (QED) is 0.622. The van der Waals surface area contributed by atoms with Crippen molar-refractivity contribution in [1.82, 2.24) is 14.7 Å². The van der Waals surface area contributed by atoms with Gasteiger partial charge in [-0.2, -0.15) is 0 Å². The first-order valence-electron chi connectivity index (χ1n) is 8.56. The lowest BCUT2D eigenvalue weighted by molar-refractivity contribution is 0.242. The van der Waals surface area contributed by atoms with Gasteiger partial charge in [0, 0.05) is 24.5 Å². The van der Waals surface area contributed by atoms with Crippen LogP contribution in [-0.4, -0.2) is 31.0 Å². The molecule has 0 saturated heterocycles. The van der Waals surface area contributed by atoms with Crippen LogP contribution in [0.1, 0.15) is 19.5 Å². The van der Waals surface area contributed by atoms with Crippen molar-refractivity contribution in [2.75, 3.05) is 6.54 Å². The molecule has 3 rings (SSSR count). The van der Waals surface area contributed by atoms with Crippen LogP contribution in [-0.2, 0) is 16.4 Å². The molecular formula is C19H21N3O3S2. The number of nitrogens with zero attached hydrogens (tertiary/aromatic N) is 2. The van der Waals surface area contributed by atoms with Crippen molar-refractivity contribution in [3.05, 3.63) is 59.7 Å². The molecule has 1 aromatic carbocycles. The highest BCUT2D eigenvalue weighted by Gasteiger charge is 2.14. The van der Waals surface area contributed by atoms with E-state index < -0.39 is 10.0 Å². The predicted molar refractivity (Wildman–Crippen MR) is 106 cm³/mol. The van der Waals surface area contributed by atoms with Crippen molar-refractivity contribution < 1.29 is 13.2 Å². The maximum atomic E-state index is 12.4. The normalized spacial score (nSPS) is 11.7. The number of sulfonamides is 1. The number of pyridine rings is 1. The first kappa shape index (κ1) is 19.5. The van der Waals surface area contributed by atoms with Gasteiger partial charge in [-0.3, -0.25) is 4.98 Å². The fourth-order valence-corrected chi connectivity index (χ4v) is 4.26. The molecule has 0 aliphatic rings. The minimum absolute atomic E-state index is 0.0414. The molecule has 0 spiro atoms. The minimum atomic E-state index is -3.56. The standard InChI is InChI=1S/C19H21N3O3S2/c1-14(2)25-16-6-8-17(9-7-16)27(23,24)21-12-10-15-13-26-19(22-15)18-5-3-4-11-20-18/h3-9,11,13-14,21H,10,12H2,1-2H3. The highest BCUT2D eigenvalue weighted by molar-refractivity contribution is 7.89. The molecule has 6 nitrogen and oxygen atoms in total. The smallest absolute Gasteiger partial charge is 0.240 e. The van der Waals surface area contributed by atoms with Crippen LogP contribution in [0.25, 0.3) is 10.7 Å². The Labute approximate surface area is 163 Å². The van der Waals surface area contributed by atoms with Crippen molar-refractivity contribution in [3.8, 4) is 16.5 Å². The molecule has 0 saturated carbocycles. The summed E-state index contributed by atoms with van der Waals surface area (Å²) in [6, 6.07) is 12.1. The van der Waals surface area contributed by atoms with Crippen molar-refractivity contribution in [1.29, 1.82) is 0 Å². The summed E-state index contributed by atoms with van der Waals surface area (Å²) in [5.74, 6) is 0.647. The fraction of sp³-hybridized carbons (Fsp3) is 0.263. The van der Waals surface area contributed by atoms with E-state index in [9.17, 15) is 8.42 Å². The van der Waals surface area contributed by atoms with Gasteiger partial charge < -0.3 is 4.74 Å². The first-order valence-corrected chi connectivity index (χ1v) is 10.9. The van der Waals surface area contributed by atoms with Crippen molar-refractivity contribution in [2.45, 2.75) is 31.3 Å². The average molecular weight is 404 g/mol. The fourth-order valence-electron chi connectivity index (χ4n) is 2.40. The lowest BCUT2D eigenvalue weighted by Crippen LogP contribution is -2.26. The summed E-state index contributed by atoms with van der Waals surface area (Å²) in [5, 5.41) is 2.75. The van der Waals surface area contributed by atoms with Gasteiger partial charge >= 0.3 is 0 Å². The summed E-state index contributed by atoms with van der Waals surface area (Å²) >= 11 is 1.50. The molecule has 0 aliphatic carbocycles. The number of rotatable bonds is 8. The molecule has 2 heterocycles. The van der Waals surface area contributed by atoms with Gasteiger partial charge in [-0.25, -0.2) is 18.1 Å². The van der Waals surface area contributed by atoms with Crippen LogP contribution in [0.15, 0.2) is 58.9 Å². The molecule has 8 heteroatoms. The maximum absolute atomic E-state index is 12.4. The van der Waals surface area contributed by atoms with Crippen LogP contribution in [0.4, 0.5) is 0 Å². The molecule has 0 radical (unpaired) electrons. The Morgan fingerprint density at radius 2 is 1.93 bits per heavy atom. The molecule has 0 unspecified atom stereocenters. The monoisotopic (exact) mass is 403 g/mol. The summed E-state index contributed by atoms with van der Waals surface area (Å²) in [4.78, 5) is 9.00. The van der Waals surface area contributed by atoms with Crippen LogP contribution in [0, 0.1) is 0 Å². The van der Waals surface area contributed by atoms with Gasteiger partial charge in [0.2, 0.25) is 10.0 Å². The molecular weight excluding hydrogens is 382 g/mol. The Balaban J connectivity index is 1.57. The van der Waals surface area contributed by atoms with Gasteiger partial charge in [0.15, 0.2) is 0 Å². The molecule has 142 valence electrons. The van der Waals surface area contributed by atoms with Gasteiger partial charge in [0.25, 0.3) is 0 Å². The zero-order chi connectivity index (χ0) is 19.3. The van der Waals surface area contributed by atoms with Crippen LogP contribution in [0.5, 0.6) is 5.75 Å². The van der Waals surface area contributed by atoms with E-state index in [-0.39, 0.29) is 17.5 Å². The SMILES string of the molecule is CC(C)Oc1ccc(S(=O)(=O)NCCc2csc(-c3ccccn3)n2)cc1. The number of hydrogen-bond donors (Lipinski definition) is 1. The molecule has 0 bridgehead atoms. The Bertz CT molecular complexity index is 969. The highest BCUT2D eigenvalue weighted by Crippen LogP contribution is 2.21. The van der Waals surface area contributed by atoms with Crippen LogP contribution < -0.4 is 9.46 Å². The Morgan fingerprint density at radius 1 is 1.15 bits per heavy atom. The molecule has 27 heavy (non-hydrogen) atoms. The van der Waals surface area contributed by atoms with Crippen molar-refractivity contribution in [2.24, 2.45) is 0 Å². The van der Waals surface area contributed by atoms with Crippen LogP contribution in [0.2, 0.25) is 0 Å². The molecule has 0 amide bonds. The number of aromatic nitrogens is 2. The molecule has 1 N–H and O–H groups in total. The number of nitrogens with one attached hydrogen (secondary N) is 1. The Morgan fingerprint density at radius 3 is 2.59 bits per heavy atom. The third kappa shape index (κ3) is 5.35. The molecule has 0 aliphatic heterocycles. The number of benzene rings is 1. The second-order valence-electron chi connectivity index (χ2n) is 6.14. The summed E-state index contributed by atoms with van der Waals surface area (Å²) in [7, 11) is -3.56. The Hall–Kier alpha value is -2.29. The van der Waals surface area contributed by atoms with E-state index in [0.29, 0.717) is 12.2 Å². The number of thiazole rings is 1. The van der Waals surface area contributed by atoms with Gasteiger partial charge in [-0.1, -0.05) is 6.07 Å². The summed E-state index contributed by atoms with van der Waals surface area (Å²) < 4.78 is 33.0. The summed E-state index contributed by atoms with van der Waals surface area (Å²) in [6.07, 6.45) is 2.28. The van der Waals surface area contributed by atoms with E-state index in [1.54, 1.807) is 30.5 Å². The van der Waals surface area contributed by atoms with E-state index >= 15 is 0 Å². The van der Waals surface area contributed by atoms with E-state index in [0.717, 1.165) is 16.4 Å². The van der Waals surface area contributed by atoms with E-state index in [4.69, 9.17) is 4.74 Å². The summed E-state index contributed by atoms with van der Waals surface area (Å²) in [5.41, 5.74) is 1.65. The van der Waals surface area contributed by atoms with Crippen molar-refractivity contribution >= 4 is 21.4 Å². The largest absolute Gasteiger partial charge is 0.491 e. The zero-order valence-electron chi connectivity index (χ0n) is 15.1. The number of ether oxygens (including phenoxy) is 1. The number of hydrogen-bond acceptors (Lipinski definition) is 6. The lowest BCUT2D eigenvalue weighted by atomic mass is 10.3. The average Bonchev–Trinajstić information content (AvgIpc) is 3.11. The maximum Gasteiger partial charge on any atom is 0.240 e. The van der Waals surface area contributed by atoms with E-state index in [1.165, 1.54) is 11.3 Å². The second-order valence-corrected chi connectivity index (χ2v) is 8.77. The van der Waals surface area contributed by atoms with Crippen molar-refractivity contribution in [3.63, 3.8) is 0 Å². The topological polar surface area (TPSA) is 81.2 Å². The minimum Gasteiger partial charge on any atom is -0.491 e. The van der Waals surface area contributed by atoms with Gasteiger partial charge in [-0.15, -0.1) is 11.3 Å². The molecule has 3 aromatic rings. The van der Waals surface area contributed by atoms with E-state index in [1.807, 2.05) is 37.4 Å². The highest BCUT2D eigenvalue weighted by atomic mass is 32.2. The predicted octanol–water partition coefficient (Wildman–Crippen LogP) is 3.51. The second kappa shape index (κ2) is 8.60. The first-order chi connectivity index (χ1) is 12.9. The van der Waals surface area contributed by atoms with Gasteiger partial charge in [0.05, 0.1) is 22.4 Å². The van der Waals surface area contributed by atoms with Gasteiger partial charge in [0.1, 0.15) is 10.8 Å². The van der Waals surface area contributed by atoms with Crippen LogP contribution in [0.3, 0.4) is 0 Å². The van der Waals surface area contributed by atoms with E-state index in [2.05, 4.69) is 14.7 Å². The molecule has 0 atom stereocenters. The molecule has 0 fully saturated rings. The summed E-state index contributed by atoms with van der Waals surface area (Å²) in [6.45, 7) is 4.12. The third-order valence-electron chi connectivity index (χ3n) is 3.61. The van der Waals surface area contributed by atoms with Crippen LogP contribution >= 0.6 is 11.3 Å². The Kier molecular flexibility index (Phi) is 6.20. The lowest BCUT2D eigenvalue weighted by Gasteiger charge is -2.10. The zero-order valence-corrected chi connectivity index (χ0v) is 16.8. The third-order valence-corrected chi connectivity index (χ3v) is 6.01. The molecule has 2 aromatic heterocycles.